The van der Waals surface area contributed by atoms with Gasteiger partial charge >= 0.3 is 11.9 Å². The second kappa shape index (κ2) is 7.78. The van der Waals surface area contributed by atoms with Gasteiger partial charge in [-0.25, -0.2) is 9.59 Å². The molecule has 0 bridgehead atoms. The molecule has 0 N–H and O–H groups in total. The molecule has 0 aliphatic heterocycles. The van der Waals surface area contributed by atoms with Gasteiger partial charge in [0, 0.05) is 5.04 Å². The zero-order valence-electron chi connectivity index (χ0n) is 13.0. The quantitative estimate of drug-likeness (QED) is 0.586. The van der Waals surface area contributed by atoms with E-state index in [1.54, 1.807) is 0 Å². The van der Waals surface area contributed by atoms with Gasteiger partial charge in [-0.2, -0.15) is 0 Å². The molecule has 0 aromatic heterocycles. The van der Waals surface area contributed by atoms with Gasteiger partial charge in [0.25, 0.3) is 0 Å². The molecule has 120 valence electrons. The standard InChI is InChI=1S/C16H26O5/c1-11-7-3-5-9-13(11)15(17)19-21-20-16(18)14-10-6-4-8-12(14)2/h11-14H,3-10H2,1-2H3. The summed E-state index contributed by atoms with van der Waals surface area (Å²) in [5.41, 5.74) is 0. The molecule has 2 saturated carbocycles. The fourth-order valence-corrected chi connectivity index (χ4v) is 3.54. The maximum absolute atomic E-state index is 11.9. The fraction of sp³-hybridized carbons (Fsp3) is 0.875. The Balaban J connectivity index is 1.70. The predicted octanol–water partition coefficient (Wildman–Crippen LogP) is 3.57. The Hall–Kier alpha value is -1.10. The number of carbonyl (C=O) groups is 2. The van der Waals surface area contributed by atoms with E-state index in [4.69, 9.17) is 0 Å². The SMILES string of the molecule is CC1CCCCC1C(=O)OOOC(=O)C1CCCCC1C. The van der Waals surface area contributed by atoms with E-state index < -0.39 is 11.9 Å². The first kappa shape index (κ1) is 16.3. The largest absolute Gasteiger partial charge is 0.349 e. The summed E-state index contributed by atoms with van der Waals surface area (Å²) in [4.78, 5) is 33.1. The average Bonchev–Trinajstić information content (AvgIpc) is 2.48. The summed E-state index contributed by atoms with van der Waals surface area (Å²) in [5.74, 6) is -0.552. The lowest BCUT2D eigenvalue weighted by atomic mass is 9.80. The predicted molar refractivity (Wildman–Crippen MR) is 75.5 cm³/mol. The van der Waals surface area contributed by atoms with E-state index >= 15 is 0 Å². The molecule has 4 atom stereocenters. The van der Waals surface area contributed by atoms with Crippen molar-refractivity contribution < 1.29 is 24.4 Å². The van der Waals surface area contributed by atoms with Gasteiger partial charge in [-0.3, -0.25) is 9.78 Å². The Morgan fingerprint density at radius 3 is 1.48 bits per heavy atom. The van der Waals surface area contributed by atoms with E-state index in [2.05, 4.69) is 14.8 Å². The first-order valence-corrected chi connectivity index (χ1v) is 8.18. The average molecular weight is 298 g/mol. The van der Waals surface area contributed by atoms with Crippen LogP contribution in [-0.4, -0.2) is 11.9 Å². The summed E-state index contributed by atoms with van der Waals surface area (Å²) in [6, 6.07) is 0. The highest BCUT2D eigenvalue weighted by molar-refractivity contribution is 5.73. The molecule has 0 heterocycles. The van der Waals surface area contributed by atoms with E-state index in [-0.39, 0.29) is 11.8 Å². The second-order valence-corrected chi connectivity index (χ2v) is 6.61. The topological polar surface area (TPSA) is 61.8 Å². The van der Waals surface area contributed by atoms with Gasteiger partial charge in [-0.05, 0) is 37.5 Å². The summed E-state index contributed by atoms with van der Waals surface area (Å²) in [5, 5.41) is 4.46. The lowest BCUT2D eigenvalue weighted by Crippen LogP contribution is -2.30. The number of hydrogen-bond donors (Lipinski definition) is 0. The molecule has 0 aromatic rings. The zero-order valence-corrected chi connectivity index (χ0v) is 13.0. The molecule has 21 heavy (non-hydrogen) atoms. The lowest BCUT2D eigenvalue weighted by molar-refractivity contribution is -0.462. The number of carbonyl (C=O) groups excluding carboxylic acids is 2. The smallest absolute Gasteiger partial charge is 0.259 e. The van der Waals surface area contributed by atoms with Gasteiger partial charge in [-0.15, -0.1) is 0 Å². The van der Waals surface area contributed by atoms with Crippen LogP contribution in [0.2, 0.25) is 0 Å². The molecular formula is C16H26O5. The molecule has 2 rings (SSSR count). The highest BCUT2D eigenvalue weighted by Gasteiger charge is 2.32. The van der Waals surface area contributed by atoms with E-state index in [9.17, 15) is 9.59 Å². The monoisotopic (exact) mass is 298 g/mol. The van der Waals surface area contributed by atoms with Gasteiger partial charge in [-0.1, -0.05) is 39.5 Å². The van der Waals surface area contributed by atoms with E-state index in [0.717, 1.165) is 51.4 Å². The van der Waals surface area contributed by atoms with Crippen LogP contribution in [0.3, 0.4) is 0 Å². The molecule has 0 radical (unpaired) electrons. The van der Waals surface area contributed by atoms with Crippen molar-refractivity contribution in [2.45, 2.75) is 65.2 Å². The van der Waals surface area contributed by atoms with Crippen LogP contribution in [0, 0.1) is 23.7 Å². The molecule has 2 fully saturated rings. The van der Waals surface area contributed by atoms with Gasteiger partial charge in [0.15, 0.2) is 0 Å². The lowest BCUT2D eigenvalue weighted by Gasteiger charge is -2.26. The van der Waals surface area contributed by atoms with Crippen LogP contribution in [0.1, 0.15) is 65.2 Å². The van der Waals surface area contributed by atoms with Crippen LogP contribution in [0.4, 0.5) is 0 Å². The van der Waals surface area contributed by atoms with Crippen LogP contribution in [0.5, 0.6) is 0 Å². The Bertz CT molecular complexity index is 334. The molecule has 0 saturated heterocycles. The van der Waals surface area contributed by atoms with Gasteiger partial charge in [0.2, 0.25) is 0 Å². The highest BCUT2D eigenvalue weighted by atomic mass is 17.5. The maximum Gasteiger partial charge on any atom is 0.349 e. The second-order valence-electron chi connectivity index (χ2n) is 6.61. The molecule has 0 aromatic carbocycles. The Morgan fingerprint density at radius 2 is 1.10 bits per heavy atom. The first-order chi connectivity index (χ1) is 10.1. The first-order valence-electron chi connectivity index (χ1n) is 8.18. The van der Waals surface area contributed by atoms with Crippen LogP contribution >= 0.6 is 0 Å². The minimum atomic E-state index is -0.424. The van der Waals surface area contributed by atoms with Gasteiger partial charge < -0.3 is 0 Å². The minimum absolute atomic E-state index is 0.147. The third-order valence-corrected chi connectivity index (χ3v) is 5.06. The molecule has 4 unspecified atom stereocenters. The minimum Gasteiger partial charge on any atom is -0.259 e. The van der Waals surface area contributed by atoms with Crippen LogP contribution in [-0.2, 0) is 24.4 Å². The Kier molecular flexibility index (Phi) is 6.03. The molecule has 2 aliphatic rings. The van der Waals surface area contributed by atoms with Crippen molar-refractivity contribution in [3.8, 4) is 0 Å². The molecule has 0 spiro atoms. The molecule has 5 nitrogen and oxygen atoms in total. The maximum atomic E-state index is 11.9. The summed E-state index contributed by atoms with van der Waals surface area (Å²) in [6.45, 7) is 4.08. The van der Waals surface area contributed by atoms with Crippen molar-refractivity contribution in [2.75, 3.05) is 0 Å². The Labute approximate surface area is 126 Å². The van der Waals surface area contributed by atoms with Crippen molar-refractivity contribution in [3.63, 3.8) is 0 Å². The third kappa shape index (κ3) is 4.43. The molecule has 0 amide bonds. The highest BCUT2D eigenvalue weighted by Crippen LogP contribution is 2.31. The van der Waals surface area contributed by atoms with Crippen LogP contribution < -0.4 is 0 Å². The third-order valence-electron chi connectivity index (χ3n) is 5.06. The number of rotatable bonds is 4. The van der Waals surface area contributed by atoms with Crippen molar-refractivity contribution in [3.05, 3.63) is 0 Å². The number of hydrogen-bond acceptors (Lipinski definition) is 5. The molecular weight excluding hydrogens is 272 g/mol. The van der Waals surface area contributed by atoms with E-state index in [1.807, 2.05) is 13.8 Å². The normalized spacial score (nSPS) is 33.2. The van der Waals surface area contributed by atoms with Gasteiger partial charge in [0.05, 0.1) is 11.8 Å². The Morgan fingerprint density at radius 1 is 0.714 bits per heavy atom. The summed E-state index contributed by atoms with van der Waals surface area (Å²) >= 11 is 0. The molecule has 5 heteroatoms. The zero-order chi connectivity index (χ0) is 15.2. The van der Waals surface area contributed by atoms with Crippen LogP contribution in [0.15, 0.2) is 0 Å². The van der Waals surface area contributed by atoms with E-state index in [0.29, 0.717) is 11.8 Å². The van der Waals surface area contributed by atoms with Crippen molar-refractivity contribution in [1.82, 2.24) is 0 Å². The summed E-state index contributed by atoms with van der Waals surface area (Å²) in [7, 11) is 0. The fourth-order valence-electron chi connectivity index (χ4n) is 3.54. The van der Waals surface area contributed by atoms with Gasteiger partial charge in [0.1, 0.15) is 0 Å². The van der Waals surface area contributed by atoms with Crippen LogP contribution in [0.25, 0.3) is 0 Å². The van der Waals surface area contributed by atoms with Crippen molar-refractivity contribution in [1.29, 1.82) is 0 Å². The van der Waals surface area contributed by atoms with Crippen molar-refractivity contribution >= 4 is 11.9 Å². The summed E-state index contributed by atoms with van der Waals surface area (Å²) < 4.78 is 0. The van der Waals surface area contributed by atoms with E-state index in [1.165, 1.54) is 0 Å². The molecule has 2 aliphatic carbocycles. The summed E-state index contributed by atoms with van der Waals surface area (Å²) in [6.07, 6.45) is 8.06. The van der Waals surface area contributed by atoms with Crippen molar-refractivity contribution in [2.24, 2.45) is 23.7 Å².